The van der Waals surface area contributed by atoms with Crippen molar-refractivity contribution in [3.8, 4) is 6.07 Å². The van der Waals surface area contributed by atoms with Gasteiger partial charge < -0.3 is 0 Å². The van der Waals surface area contributed by atoms with Gasteiger partial charge in [0, 0.05) is 26.1 Å². The van der Waals surface area contributed by atoms with Gasteiger partial charge in [0.05, 0.1) is 21.9 Å². The first-order valence-electron chi connectivity index (χ1n) is 6.51. The summed E-state index contributed by atoms with van der Waals surface area (Å²) in [7, 11) is 0. The van der Waals surface area contributed by atoms with Crippen molar-refractivity contribution in [3.63, 3.8) is 0 Å². The van der Waals surface area contributed by atoms with Crippen LogP contribution in [-0.2, 0) is 19.5 Å². The predicted molar refractivity (Wildman–Crippen MR) is 76.2 cm³/mol. The summed E-state index contributed by atoms with van der Waals surface area (Å²) >= 11 is 3.65. The van der Waals surface area contributed by atoms with Crippen LogP contribution in [0.25, 0.3) is 0 Å². The van der Waals surface area contributed by atoms with Crippen molar-refractivity contribution in [1.82, 2.24) is 14.7 Å². The lowest BCUT2D eigenvalue weighted by Crippen LogP contribution is -2.25. The van der Waals surface area contributed by atoms with Gasteiger partial charge in [0.1, 0.15) is 0 Å². The highest BCUT2D eigenvalue weighted by Gasteiger charge is 2.16. The molecule has 1 rings (SSSR count). The highest BCUT2D eigenvalue weighted by Crippen LogP contribution is 2.23. The summed E-state index contributed by atoms with van der Waals surface area (Å²) in [5.74, 6) is 0. The molecule has 0 saturated carbocycles. The van der Waals surface area contributed by atoms with Gasteiger partial charge in [-0.3, -0.25) is 9.58 Å². The molecule has 0 N–H and O–H groups in total. The van der Waals surface area contributed by atoms with Crippen LogP contribution in [0, 0.1) is 11.3 Å². The van der Waals surface area contributed by atoms with E-state index in [9.17, 15) is 0 Å². The van der Waals surface area contributed by atoms with Gasteiger partial charge in [-0.25, -0.2) is 0 Å². The van der Waals surface area contributed by atoms with Gasteiger partial charge in [0.2, 0.25) is 0 Å². The second-order valence-corrected chi connectivity index (χ2v) is 4.95. The maximum atomic E-state index is 8.67. The predicted octanol–water partition coefficient (Wildman–Crippen LogP) is 2.96. The van der Waals surface area contributed by atoms with Crippen LogP contribution in [-0.4, -0.2) is 27.8 Å². The van der Waals surface area contributed by atoms with E-state index in [0.29, 0.717) is 6.42 Å². The van der Waals surface area contributed by atoms with E-state index in [0.717, 1.165) is 42.8 Å². The molecule has 0 aliphatic carbocycles. The van der Waals surface area contributed by atoms with Crippen molar-refractivity contribution in [2.24, 2.45) is 0 Å². The summed E-state index contributed by atoms with van der Waals surface area (Å²) in [6.07, 6.45) is 1.51. The first-order chi connectivity index (χ1) is 8.67. The number of nitriles is 1. The Morgan fingerprint density at radius 1 is 1.39 bits per heavy atom. The SMILES string of the molecule is CCc1nn(CC)c(CN(CC)CCC#N)c1Br. The zero-order chi connectivity index (χ0) is 13.5. The fourth-order valence-corrected chi connectivity index (χ4v) is 2.63. The van der Waals surface area contributed by atoms with E-state index in [1.165, 1.54) is 5.69 Å². The largest absolute Gasteiger partial charge is 0.297 e. The van der Waals surface area contributed by atoms with Crippen molar-refractivity contribution in [3.05, 3.63) is 15.9 Å². The minimum absolute atomic E-state index is 0.576. The Morgan fingerprint density at radius 2 is 2.11 bits per heavy atom. The summed E-state index contributed by atoms with van der Waals surface area (Å²) in [4.78, 5) is 2.27. The lowest BCUT2D eigenvalue weighted by atomic mass is 10.3. The molecule has 0 spiro atoms. The van der Waals surface area contributed by atoms with Crippen LogP contribution < -0.4 is 0 Å². The fraction of sp³-hybridized carbons (Fsp3) is 0.692. The molecule has 0 bridgehead atoms. The van der Waals surface area contributed by atoms with Crippen molar-refractivity contribution < 1.29 is 0 Å². The fourth-order valence-electron chi connectivity index (χ4n) is 1.94. The highest BCUT2D eigenvalue weighted by atomic mass is 79.9. The molecule has 1 aromatic heterocycles. The zero-order valence-electron chi connectivity index (χ0n) is 11.4. The van der Waals surface area contributed by atoms with E-state index in [2.05, 4.69) is 57.5 Å². The minimum Gasteiger partial charge on any atom is -0.297 e. The molecule has 0 radical (unpaired) electrons. The molecule has 0 aliphatic rings. The molecule has 0 saturated heterocycles. The van der Waals surface area contributed by atoms with Crippen LogP contribution in [0.5, 0.6) is 0 Å². The number of hydrogen-bond donors (Lipinski definition) is 0. The van der Waals surface area contributed by atoms with Gasteiger partial charge >= 0.3 is 0 Å². The molecular weight excluding hydrogens is 292 g/mol. The van der Waals surface area contributed by atoms with Gasteiger partial charge in [0.25, 0.3) is 0 Å². The first kappa shape index (κ1) is 15.2. The zero-order valence-corrected chi connectivity index (χ0v) is 13.0. The van der Waals surface area contributed by atoms with E-state index in [4.69, 9.17) is 5.26 Å². The minimum atomic E-state index is 0.576. The number of nitrogens with zero attached hydrogens (tertiary/aromatic N) is 4. The topological polar surface area (TPSA) is 44.9 Å². The Hall–Kier alpha value is -0.860. The number of aryl methyl sites for hydroxylation is 2. The maximum absolute atomic E-state index is 8.67. The molecule has 1 aromatic rings. The Balaban J connectivity index is 2.87. The summed E-state index contributed by atoms with van der Waals surface area (Å²) in [5, 5.41) is 13.3. The van der Waals surface area contributed by atoms with Crippen molar-refractivity contribution in [2.75, 3.05) is 13.1 Å². The molecule has 4 nitrogen and oxygen atoms in total. The monoisotopic (exact) mass is 312 g/mol. The van der Waals surface area contributed by atoms with Crippen molar-refractivity contribution in [2.45, 2.75) is 46.7 Å². The van der Waals surface area contributed by atoms with Gasteiger partial charge in [-0.2, -0.15) is 10.4 Å². The van der Waals surface area contributed by atoms with Gasteiger partial charge in [-0.1, -0.05) is 13.8 Å². The van der Waals surface area contributed by atoms with Crippen LogP contribution in [0.4, 0.5) is 0 Å². The Labute approximate surface area is 118 Å². The standard InChI is InChI=1S/C13H21BrN4/c1-4-11-13(14)12(18(6-3)16-11)10-17(5-2)9-7-8-15/h4-7,9-10H2,1-3H3. The second-order valence-electron chi connectivity index (χ2n) is 4.15. The third kappa shape index (κ3) is 3.56. The number of aromatic nitrogens is 2. The maximum Gasteiger partial charge on any atom is 0.0767 e. The Kier molecular flexibility index (Phi) is 6.37. The molecule has 1 heterocycles. The summed E-state index contributed by atoms with van der Waals surface area (Å²) in [6.45, 7) is 9.83. The molecule has 0 unspecified atom stereocenters. The lowest BCUT2D eigenvalue weighted by molar-refractivity contribution is 0.276. The first-order valence-corrected chi connectivity index (χ1v) is 7.30. The summed E-state index contributed by atoms with van der Waals surface area (Å²) in [6, 6.07) is 2.20. The summed E-state index contributed by atoms with van der Waals surface area (Å²) in [5.41, 5.74) is 2.33. The molecule has 0 amide bonds. The second kappa shape index (κ2) is 7.55. The number of hydrogen-bond acceptors (Lipinski definition) is 3. The Morgan fingerprint density at radius 3 is 2.61 bits per heavy atom. The van der Waals surface area contributed by atoms with Gasteiger partial charge in [0.15, 0.2) is 0 Å². The van der Waals surface area contributed by atoms with Crippen LogP contribution >= 0.6 is 15.9 Å². The molecule has 18 heavy (non-hydrogen) atoms. The number of halogens is 1. The van der Waals surface area contributed by atoms with Crippen molar-refractivity contribution >= 4 is 15.9 Å². The van der Waals surface area contributed by atoms with Crippen LogP contribution in [0.15, 0.2) is 4.47 Å². The molecule has 0 aliphatic heterocycles. The number of rotatable bonds is 7. The van der Waals surface area contributed by atoms with Crippen LogP contribution in [0.1, 0.15) is 38.6 Å². The molecule has 0 fully saturated rings. The molecule has 0 aromatic carbocycles. The Bertz CT molecular complexity index is 419. The van der Waals surface area contributed by atoms with E-state index >= 15 is 0 Å². The van der Waals surface area contributed by atoms with E-state index < -0.39 is 0 Å². The normalized spacial score (nSPS) is 10.9. The average molecular weight is 313 g/mol. The molecule has 100 valence electrons. The summed E-state index contributed by atoms with van der Waals surface area (Å²) < 4.78 is 3.18. The van der Waals surface area contributed by atoms with Gasteiger partial charge in [-0.15, -0.1) is 0 Å². The molecule has 5 heteroatoms. The molecule has 0 atom stereocenters. The van der Waals surface area contributed by atoms with Gasteiger partial charge in [-0.05, 0) is 35.8 Å². The van der Waals surface area contributed by atoms with Crippen LogP contribution in [0.3, 0.4) is 0 Å². The van der Waals surface area contributed by atoms with E-state index in [1.54, 1.807) is 0 Å². The highest BCUT2D eigenvalue weighted by molar-refractivity contribution is 9.10. The smallest absolute Gasteiger partial charge is 0.0767 e. The third-order valence-electron chi connectivity index (χ3n) is 3.05. The van der Waals surface area contributed by atoms with E-state index in [-0.39, 0.29) is 0 Å². The average Bonchev–Trinajstić information content (AvgIpc) is 2.70. The lowest BCUT2D eigenvalue weighted by Gasteiger charge is -2.19. The van der Waals surface area contributed by atoms with Crippen molar-refractivity contribution in [1.29, 1.82) is 5.26 Å². The van der Waals surface area contributed by atoms with E-state index in [1.807, 2.05) is 0 Å². The van der Waals surface area contributed by atoms with Crippen LogP contribution in [0.2, 0.25) is 0 Å². The third-order valence-corrected chi connectivity index (χ3v) is 3.97. The molecular formula is C13H21BrN4. The quantitative estimate of drug-likeness (QED) is 0.777.